The van der Waals surface area contributed by atoms with E-state index in [4.69, 9.17) is 15.9 Å². The molecule has 20 heavy (non-hydrogen) atoms. The molecule has 0 radical (unpaired) electrons. The van der Waals surface area contributed by atoms with Crippen LogP contribution in [-0.4, -0.2) is 39.3 Å². The van der Waals surface area contributed by atoms with Gasteiger partial charge in [-0.1, -0.05) is 0 Å². The Labute approximate surface area is 115 Å². The van der Waals surface area contributed by atoms with Crippen LogP contribution in [0.1, 0.15) is 12.8 Å². The summed E-state index contributed by atoms with van der Waals surface area (Å²) in [6.07, 6.45) is 5.88. The summed E-state index contributed by atoms with van der Waals surface area (Å²) in [5.74, 6) is -2.52. The first-order valence-corrected chi connectivity index (χ1v) is 5.72. The summed E-state index contributed by atoms with van der Waals surface area (Å²) in [5.41, 5.74) is 7.94. The van der Waals surface area contributed by atoms with Crippen LogP contribution in [0.15, 0.2) is 36.7 Å². The summed E-state index contributed by atoms with van der Waals surface area (Å²) in [4.78, 5) is 30.2. The molecule has 0 saturated carbocycles. The van der Waals surface area contributed by atoms with E-state index in [0.29, 0.717) is 25.1 Å². The fourth-order valence-electron chi connectivity index (χ4n) is 1.01. The molecule has 5 N–H and O–H groups in total. The van der Waals surface area contributed by atoms with Crippen LogP contribution < -0.4 is 11.2 Å². The lowest BCUT2D eigenvalue weighted by Gasteiger charge is -2.04. The summed E-state index contributed by atoms with van der Waals surface area (Å²) in [5, 5.41) is 15.6. The third-order valence-electron chi connectivity index (χ3n) is 1.83. The van der Waals surface area contributed by atoms with Crippen molar-refractivity contribution in [2.75, 3.05) is 12.0 Å². The van der Waals surface area contributed by atoms with E-state index < -0.39 is 11.9 Å². The summed E-state index contributed by atoms with van der Waals surface area (Å²) < 4.78 is 1.62. The number of amides is 1. The van der Waals surface area contributed by atoms with E-state index in [2.05, 4.69) is 5.43 Å². The molecule has 0 aliphatic rings. The van der Waals surface area contributed by atoms with Crippen molar-refractivity contribution >= 4 is 17.8 Å². The number of nitrogens with two attached hydrogens (primary N) is 1. The van der Waals surface area contributed by atoms with Crippen molar-refractivity contribution in [1.29, 1.82) is 0 Å². The van der Waals surface area contributed by atoms with Gasteiger partial charge in [0, 0.05) is 31.0 Å². The zero-order valence-corrected chi connectivity index (χ0v) is 10.7. The Morgan fingerprint density at radius 2 is 1.60 bits per heavy atom. The second kappa shape index (κ2) is 10.3. The molecule has 1 rings (SSSR count). The molecule has 8 heteroatoms. The van der Waals surface area contributed by atoms with Crippen LogP contribution in [0.3, 0.4) is 0 Å². The van der Waals surface area contributed by atoms with Gasteiger partial charge in [0.2, 0.25) is 5.91 Å². The van der Waals surface area contributed by atoms with E-state index in [-0.39, 0.29) is 5.91 Å². The van der Waals surface area contributed by atoms with Gasteiger partial charge < -0.3 is 15.9 Å². The van der Waals surface area contributed by atoms with E-state index in [1.807, 2.05) is 12.1 Å². The molecule has 1 aromatic rings. The summed E-state index contributed by atoms with van der Waals surface area (Å²) in [7, 11) is 0. The van der Waals surface area contributed by atoms with Gasteiger partial charge in [-0.3, -0.25) is 14.9 Å². The minimum Gasteiger partial charge on any atom is -0.478 e. The Morgan fingerprint density at radius 1 is 1.10 bits per heavy atom. The van der Waals surface area contributed by atoms with Crippen LogP contribution in [0.4, 0.5) is 0 Å². The van der Waals surface area contributed by atoms with E-state index in [9.17, 15) is 14.4 Å². The molecular weight excluding hydrogens is 266 g/mol. The maximum atomic E-state index is 11.1. The molecule has 110 valence electrons. The highest BCUT2D eigenvalue weighted by molar-refractivity contribution is 5.89. The van der Waals surface area contributed by atoms with Crippen LogP contribution in [0.25, 0.3) is 0 Å². The quantitative estimate of drug-likeness (QED) is 0.543. The van der Waals surface area contributed by atoms with Gasteiger partial charge in [0.25, 0.3) is 0 Å². The van der Waals surface area contributed by atoms with Crippen LogP contribution in [0.5, 0.6) is 0 Å². The maximum absolute atomic E-state index is 11.1. The van der Waals surface area contributed by atoms with Crippen LogP contribution in [0.2, 0.25) is 0 Å². The first-order chi connectivity index (χ1) is 9.45. The third-order valence-corrected chi connectivity index (χ3v) is 1.83. The molecule has 1 aromatic heterocycles. The number of carboxylic acids is 2. The predicted octanol–water partition coefficient (Wildman–Crippen LogP) is 0.00890. The average Bonchev–Trinajstić information content (AvgIpc) is 2.87. The van der Waals surface area contributed by atoms with Crippen molar-refractivity contribution in [3.8, 4) is 0 Å². The zero-order chi connectivity index (χ0) is 15.4. The second-order valence-electron chi connectivity index (χ2n) is 3.53. The Kier molecular flexibility index (Phi) is 8.98. The Balaban J connectivity index is 0.000000396. The fourth-order valence-corrected chi connectivity index (χ4v) is 1.01. The minimum atomic E-state index is -1.26. The number of nitrogens with one attached hydrogen (secondary N) is 1. The van der Waals surface area contributed by atoms with Crippen molar-refractivity contribution < 1.29 is 24.6 Å². The zero-order valence-electron chi connectivity index (χ0n) is 10.7. The summed E-state index contributed by atoms with van der Waals surface area (Å²) in [6.45, 7) is 0.555. The molecule has 1 heterocycles. The summed E-state index contributed by atoms with van der Waals surface area (Å²) in [6, 6.07) is 3.70. The normalized spacial score (nSPS) is 9.65. The number of aliphatic carboxylic acids is 2. The standard InChI is InChI=1S/C8H13N3O.C4H4O4/c9-5-3-4-8(12)10-11-6-1-2-7-11;5-3(6)1-2-4(7)8/h1-2,6-7H,3-5,9H2,(H,10,12);1-2H,(H,5,6)(H,7,8)/b;2-1+. The molecule has 0 aromatic carbocycles. The van der Waals surface area contributed by atoms with Crippen LogP contribution in [0, 0.1) is 0 Å². The first-order valence-electron chi connectivity index (χ1n) is 5.72. The van der Waals surface area contributed by atoms with Gasteiger partial charge in [-0.05, 0) is 25.1 Å². The highest BCUT2D eigenvalue weighted by Gasteiger charge is 1.98. The molecule has 0 saturated heterocycles. The van der Waals surface area contributed by atoms with Crippen LogP contribution >= 0.6 is 0 Å². The highest BCUT2D eigenvalue weighted by Crippen LogP contribution is 1.89. The maximum Gasteiger partial charge on any atom is 0.328 e. The van der Waals surface area contributed by atoms with Gasteiger partial charge in [0.1, 0.15) is 0 Å². The van der Waals surface area contributed by atoms with Crippen molar-refractivity contribution in [3.63, 3.8) is 0 Å². The number of hydrogen-bond acceptors (Lipinski definition) is 4. The van der Waals surface area contributed by atoms with Gasteiger partial charge in [-0.2, -0.15) is 0 Å². The number of carbonyl (C=O) groups excluding carboxylic acids is 1. The highest BCUT2D eigenvalue weighted by atomic mass is 16.4. The van der Waals surface area contributed by atoms with Gasteiger partial charge in [-0.15, -0.1) is 0 Å². The van der Waals surface area contributed by atoms with E-state index in [1.54, 1.807) is 17.1 Å². The number of hydrogen-bond donors (Lipinski definition) is 4. The van der Waals surface area contributed by atoms with E-state index in [1.165, 1.54) is 0 Å². The molecule has 0 spiro atoms. The number of rotatable bonds is 6. The molecule has 8 nitrogen and oxygen atoms in total. The Hall–Kier alpha value is -2.61. The average molecular weight is 283 g/mol. The lowest BCUT2D eigenvalue weighted by atomic mass is 10.3. The molecule has 1 amide bonds. The largest absolute Gasteiger partial charge is 0.478 e. The summed E-state index contributed by atoms with van der Waals surface area (Å²) >= 11 is 0. The van der Waals surface area contributed by atoms with Crippen molar-refractivity contribution in [1.82, 2.24) is 4.68 Å². The van der Waals surface area contributed by atoms with E-state index >= 15 is 0 Å². The minimum absolute atomic E-state index is 0.00310. The molecule has 0 atom stereocenters. The molecule has 0 bridgehead atoms. The Morgan fingerprint density at radius 3 is 2.00 bits per heavy atom. The molecule has 0 aliphatic carbocycles. The molecular formula is C12H17N3O5. The fraction of sp³-hybridized carbons (Fsp3) is 0.250. The lowest BCUT2D eigenvalue weighted by molar-refractivity contribution is -0.134. The number of nitrogens with zero attached hydrogens (tertiary/aromatic N) is 1. The Bertz CT molecular complexity index is 438. The van der Waals surface area contributed by atoms with Crippen LogP contribution in [-0.2, 0) is 14.4 Å². The van der Waals surface area contributed by atoms with Crippen molar-refractivity contribution in [3.05, 3.63) is 36.7 Å². The first kappa shape index (κ1) is 17.4. The van der Waals surface area contributed by atoms with Gasteiger partial charge in [0.15, 0.2) is 0 Å². The lowest BCUT2D eigenvalue weighted by Crippen LogP contribution is -2.21. The topological polar surface area (TPSA) is 135 Å². The molecule has 0 aliphatic heterocycles. The SMILES string of the molecule is NCCCC(=O)Nn1cccc1.O=C(O)/C=C/C(=O)O. The smallest absolute Gasteiger partial charge is 0.328 e. The number of carbonyl (C=O) groups is 3. The molecule has 0 fully saturated rings. The number of carboxylic acid groups (broad SMARTS) is 2. The van der Waals surface area contributed by atoms with Gasteiger partial charge in [0.05, 0.1) is 0 Å². The predicted molar refractivity (Wildman–Crippen MR) is 71.5 cm³/mol. The van der Waals surface area contributed by atoms with Gasteiger partial charge in [-0.25, -0.2) is 9.59 Å². The van der Waals surface area contributed by atoms with Gasteiger partial charge >= 0.3 is 11.9 Å². The second-order valence-corrected chi connectivity index (χ2v) is 3.53. The van der Waals surface area contributed by atoms with E-state index in [0.717, 1.165) is 6.42 Å². The third kappa shape index (κ3) is 10.5. The monoisotopic (exact) mass is 283 g/mol. The molecule has 0 unspecified atom stereocenters. The van der Waals surface area contributed by atoms with Crippen molar-refractivity contribution in [2.45, 2.75) is 12.8 Å². The number of aromatic nitrogens is 1. The van der Waals surface area contributed by atoms with Crippen molar-refractivity contribution in [2.24, 2.45) is 5.73 Å².